The average molecular weight is 275 g/mol. The van der Waals surface area contributed by atoms with Crippen molar-refractivity contribution in [1.82, 2.24) is 5.32 Å². The van der Waals surface area contributed by atoms with E-state index in [1.807, 2.05) is 6.92 Å². The zero-order chi connectivity index (χ0) is 14.2. The maximum absolute atomic E-state index is 11.8. The summed E-state index contributed by atoms with van der Waals surface area (Å²) in [6, 6.07) is -0.440. The van der Waals surface area contributed by atoms with E-state index < -0.39 is 17.7 Å². The van der Waals surface area contributed by atoms with Crippen molar-refractivity contribution in [3.8, 4) is 0 Å². The number of carbonyl (C=O) groups is 2. The number of rotatable bonds is 6. The minimum Gasteiger partial charge on any atom is -0.444 e. The smallest absolute Gasteiger partial charge is 0.408 e. The molecule has 18 heavy (non-hydrogen) atoms. The molecule has 0 unspecified atom stereocenters. The van der Waals surface area contributed by atoms with Gasteiger partial charge in [-0.1, -0.05) is 38.5 Å². The van der Waals surface area contributed by atoms with Crippen molar-refractivity contribution in [3.05, 3.63) is 0 Å². The van der Waals surface area contributed by atoms with Crippen LogP contribution in [0.1, 0.15) is 53.9 Å². The van der Waals surface area contributed by atoms with Gasteiger partial charge in [-0.2, -0.15) is 0 Å². The standard InChI is InChI=1S/C13H25NO3S/c1-6-8-9-10(11(15)18-7-2)14-12(16)17-13(3,4)5/h10H,6-9H2,1-5H3,(H,14,16)/t10-/m0/s1. The summed E-state index contributed by atoms with van der Waals surface area (Å²) in [6.45, 7) is 9.39. The fraction of sp³-hybridized carbons (Fsp3) is 0.846. The summed E-state index contributed by atoms with van der Waals surface area (Å²) in [7, 11) is 0. The molecule has 0 aromatic carbocycles. The number of alkyl carbamates (subject to hydrolysis) is 1. The SMILES string of the molecule is CCCC[C@H](NC(=O)OC(C)(C)C)C(=O)SCC. The van der Waals surface area contributed by atoms with E-state index in [-0.39, 0.29) is 5.12 Å². The van der Waals surface area contributed by atoms with Gasteiger partial charge in [-0.05, 0) is 32.9 Å². The van der Waals surface area contributed by atoms with Crippen LogP contribution >= 0.6 is 11.8 Å². The molecule has 1 atom stereocenters. The number of unbranched alkanes of at least 4 members (excludes halogenated alkanes) is 1. The highest BCUT2D eigenvalue weighted by atomic mass is 32.2. The monoisotopic (exact) mass is 275 g/mol. The van der Waals surface area contributed by atoms with Crippen LogP contribution < -0.4 is 5.32 Å². The molecule has 0 aliphatic rings. The van der Waals surface area contributed by atoms with Crippen molar-refractivity contribution >= 4 is 23.0 Å². The molecule has 5 heteroatoms. The molecule has 0 radical (unpaired) electrons. The van der Waals surface area contributed by atoms with Gasteiger partial charge in [-0.3, -0.25) is 4.79 Å². The molecule has 0 saturated heterocycles. The van der Waals surface area contributed by atoms with E-state index in [4.69, 9.17) is 4.74 Å². The van der Waals surface area contributed by atoms with Gasteiger partial charge in [0.2, 0.25) is 5.12 Å². The molecule has 1 N–H and O–H groups in total. The van der Waals surface area contributed by atoms with Crippen molar-refractivity contribution in [2.45, 2.75) is 65.5 Å². The van der Waals surface area contributed by atoms with Gasteiger partial charge in [0.15, 0.2) is 0 Å². The van der Waals surface area contributed by atoms with Crippen molar-refractivity contribution in [3.63, 3.8) is 0 Å². The third kappa shape index (κ3) is 8.39. The molecule has 0 aromatic heterocycles. The molecule has 0 aliphatic carbocycles. The van der Waals surface area contributed by atoms with E-state index in [0.29, 0.717) is 6.42 Å². The summed E-state index contributed by atoms with van der Waals surface area (Å²) in [5.74, 6) is 0.720. The minimum absolute atomic E-state index is 0.0109. The van der Waals surface area contributed by atoms with Gasteiger partial charge in [0.05, 0.1) is 0 Å². The molecule has 106 valence electrons. The first-order valence-corrected chi connectivity index (χ1v) is 7.44. The molecule has 0 spiro atoms. The Hall–Kier alpha value is -0.710. The Morgan fingerprint density at radius 1 is 1.28 bits per heavy atom. The topological polar surface area (TPSA) is 55.4 Å². The molecule has 0 rings (SSSR count). The first-order valence-electron chi connectivity index (χ1n) is 6.46. The maximum atomic E-state index is 11.8. The van der Waals surface area contributed by atoms with Crippen LogP contribution in [0.4, 0.5) is 4.79 Å². The fourth-order valence-electron chi connectivity index (χ4n) is 1.35. The predicted octanol–water partition coefficient (Wildman–Crippen LogP) is 3.35. The molecular weight excluding hydrogens is 250 g/mol. The highest BCUT2D eigenvalue weighted by Crippen LogP contribution is 2.13. The second-order valence-corrected chi connectivity index (χ2v) is 6.36. The minimum atomic E-state index is -0.541. The van der Waals surface area contributed by atoms with Crippen LogP contribution in [0.15, 0.2) is 0 Å². The highest BCUT2D eigenvalue weighted by molar-refractivity contribution is 8.13. The van der Waals surface area contributed by atoms with E-state index in [0.717, 1.165) is 18.6 Å². The first kappa shape index (κ1) is 17.3. The van der Waals surface area contributed by atoms with Gasteiger partial charge in [0.1, 0.15) is 11.6 Å². The molecule has 0 aliphatic heterocycles. The third-order valence-corrected chi connectivity index (χ3v) is 2.97. The van der Waals surface area contributed by atoms with Gasteiger partial charge in [-0.15, -0.1) is 0 Å². The lowest BCUT2D eigenvalue weighted by molar-refractivity contribution is -0.113. The van der Waals surface area contributed by atoms with E-state index in [1.54, 1.807) is 20.8 Å². The maximum Gasteiger partial charge on any atom is 0.408 e. The van der Waals surface area contributed by atoms with Crippen LogP contribution in [0.3, 0.4) is 0 Å². The summed E-state index contributed by atoms with van der Waals surface area (Å²) in [6.07, 6.45) is 2.06. The van der Waals surface area contributed by atoms with Crippen LogP contribution in [0.25, 0.3) is 0 Å². The number of hydrogen-bond acceptors (Lipinski definition) is 4. The Labute approximate surface area is 114 Å². The van der Waals surface area contributed by atoms with E-state index >= 15 is 0 Å². The molecule has 0 fully saturated rings. The van der Waals surface area contributed by atoms with E-state index in [1.165, 1.54) is 11.8 Å². The normalized spacial score (nSPS) is 12.9. The zero-order valence-electron chi connectivity index (χ0n) is 12.0. The first-order chi connectivity index (χ1) is 8.30. The molecule has 0 saturated carbocycles. The number of carbonyl (C=O) groups excluding carboxylic acids is 2. The van der Waals surface area contributed by atoms with Crippen LogP contribution in [-0.2, 0) is 9.53 Å². The largest absolute Gasteiger partial charge is 0.444 e. The predicted molar refractivity (Wildman–Crippen MR) is 75.8 cm³/mol. The summed E-state index contributed by atoms with van der Waals surface area (Å²) in [5.41, 5.74) is -0.541. The number of amides is 1. The highest BCUT2D eigenvalue weighted by Gasteiger charge is 2.23. The van der Waals surface area contributed by atoms with E-state index in [9.17, 15) is 9.59 Å². The lowest BCUT2D eigenvalue weighted by Crippen LogP contribution is -2.42. The zero-order valence-corrected chi connectivity index (χ0v) is 12.9. The average Bonchev–Trinajstić information content (AvgIpc) is 2.21. The fourth-order valence-corrected chi connectivity index (χ4v) is 2.01. The van der Waals surface area contributed by atoms with Gasteiger partial charge in [-0.25, -0.2) is 4.79 Å². The van der Waals surface area contributed by atoms with Gasteiger partial charge in [0, 0.05) is 0 Å². The van der Waals surface area contributed by atoms with Gasteiger partial charge < -0.3 is 10.1 Å². The Bertz CT molecular complexity index is 274. The summed E-state index contributed by atoms with van der Waals surface area (Å²) in [5, 5.41) is 2.67. The van der Waals surface area contributed by atoms with Crippen molar-refractivity contribution in [2.75, 3.05) is 5.75 Å². The third-order valence-electron chi connectivity index (χ3n) is 2.11. The number of nitrogens with one attached hydrogen (secondary N) is 1. The second kappa shape index (κ2) is 8.40. The summed E-state index contributed by atoms with van der Waals surface area (Å²) >= 11 is 1.24. The summed E-state index contributed by atoms with van der Waals surface area (Å²) in [4.78, 5) is 23.5. The molecule has 0 aromatic rings. The Balaban J connectivity index is 4.39. The second-order valence-electron chi connectivity index (χ2n) is 5.09. The Kier molecular flexibility index (Phi) is 8.07. The van der Waals surface area contributed by atoms with Crippen molar-refractivity contribution in [2.24, 2.45) is 0 Å². The van der Waals surface area contributed by atoms with Gasteiger partial charge >= 0.3 is 6.09 Å². The quantitative estimate of drug-likeness (QED) is 0.807. The van der Waals surface area contributed by atoms with Crippen molar-refractivity contribution in [1.29, 1.82) is 0 Å². The number of ether oxygens (including phenoxy) is 1. The molecular formula is C13H25NO3S. The molecule has 0 bridgehead atoms. The molecule has 1 amide bonds. The van der Waals surface area contributed by atoms with Crippen LogP contribution in [0, 0.1) is 0 Å². The Morgan fingerprint density at radius 2 is 1.89 bits per heavy atom. The molecule has 4 nitrogen and oxygen atoms in total. The Morgan fingerprint density at radius 3 is 2.33 bits per heavy atom. The van der Waals surface area contributed by atoms with Crippen LogP contribution in [-0.4, -0.2) is 28.6 Å². The number of thioether (sulfide) groups is 1. The van der Waals surface area contributed by atoms with Gasteiger partial charge in [0.25, 0.3) is 0 Å². The van der Waals surface area contributed by atoms with Crippen LogP contribution in [0.5, 0.6) is 0 Å². The van der Waals surface area contributed by atoms with E-state index in [2.05, 4.69) is 12.2 Å². The van der Waals surface area contributed by atoms with Crippen LogP contribution in [0.2, 0.25) is 0 Å². The number of hydrogen-bond donors (Lipinski definition) is 1. The lowest BCUT2D eigenvalue weighted by Gasteiger charge is -2.22. The summed E-state index contributed by atoms with van der Waals surface area (Å²) < 4.78 is 5.16. The van der Waals surface area contributed by atoms with Crippen molar-refractivity contribution < 1.29 is 14.3 Å². The molecule has 0 heterocycles. The lowest BCUT2D eigenvalue weighted by atomic mass is 10.1.